The number of aliphatic carboxylic acids is 1. The Morgan fingerprint density at radius 3 is 2.58 bits per heavy atom. The molecule has 1 aromatic rings. The normalized spacial score (nSPS) is 30.6. The number of aromatic nitrogens is 2. The average Bonchev–Trinajstić information content (AvgIpc) is 3.11. The summed E-state index contributed by atoms with van der Waals surface area (Å²) in [6.45, 7) is 3.17. The van der Waals surface area contributed by atoms with Crippen LogP contribution < -0.4 is 9.80 Å². The van der Waals surface area contributed by atoms with E-state index in [0.717, 1.165) is 18.9 Å². The Morgan fingerprint density at radius 1 is 1.31 bits per heavy atom. The third-order valence-corrected chi connectivity index (χ3v) is 5.99. The lowest BCUT2D eigenvalue weighted by molar-refractivity contribution is -0.141. The molecule has 0 amide bonds. The summed E-state index contributed by atoms with van der Waals surface area (Å²) in [4.78, 5) is 22.8. The SMILES string of the molecule is C[C@H]1CCN1c1nc(N2CC3CC2CC3CC(=O)O)cc(C(F)(F)F)n1. The fourth-order valence-electron chi connectivity index (χ4n) is 4.47. The quantitative estimate of drug-likeness (QED) is 0.879. The topological polar surface area (TPSA) is 69.6 Å². The van der Waals surface area contributed by atoms with E-state index in [-0.39, 0.29) is 36.3 Å². The molecule has 142 valence electrons. The zero-order chi connectivity index (χ0) is 18.6. The molecule has 3 unspecified atom stereocenters. The van der Waals surface area contributed by atoms with E-state index in [1.807, 2.05) is 11.8 Å². The minimum absolute atomic E-state index is 0.0574. The Hall–Kier alpha value is -2.06. The monoisotopic (exact) mass is 370 g/mol. The van der Waals surface area contributed by atoms with Crippen molar-refractivity contribution in [2.75, 3.05) is 22.9 Å². The predicted octanol–water partition coefficient (Wildman–Crippen LogP) is 2.78. The molecule has 1 aliphatic carbocycles. The van der Waals surface area contributed by atoms with Crippen molar-refractivity contribution in [1.82, 2.24) is 9.97 Å². The molecular formula is C17H21F3N4O2. The summed E-state index contributed by atoms with van der Waals surface area (Å²) in [7, 11) is 0. The van der Waals surface area contributed by atoms with Gasteiger partial charge in [0, 0.05) is 37.7 Å². The van der Waals surface area contributed by atoms with Gasteiger partial charge < -0.3 is 14.9 Å². The molecule has 9 heteroatoms. The summed E-state index contributed by atoms with van der Waals surface area (Å²) in [5.74, 6) is -0.0648. The summed E-state index contributed by atoms with van der Waals surface area (Å²) in [5.41, 5.74) is -0.915. The maximum atomic E-state index is 13.3. The van der Waals surface area contributed by atoms with Crippen LogP contribution >= 0.6 is 0 Å². The fraction of sp³-hybridized carbons (Fsp3) is 0.706. The zero-order valence-corrected chi connectivity index (χ0v) is 14.4. The van der Waals surface area contributed by atoms with E-state index in [1.54, 1.807) is 4.90 Å². The summed E-state index contributed by atoms with van der Waals surface area (Å²) >= 11 is 0. The Balaban J connectivity index is 1.61. The van der Waals surface area contributed by atoms with Crippen molar-refractivity contribution < 1.29 is 23.1 Å². The molecule has 1 N–H and O–H groups in total. The summed E-state index contributed by atoms with van der Waals surface area (Å²) in [6, 6.07) is 1.23. The maximum absolute atomic E-state index is 13.3. The number of hydrogen-bond acceptors (Lipinski definition) is 5. The first kappa shape index (κ1) is 17.4. The number of fused-ring (bicyclic) bond motifs is 2. The molecular weight excluding hydrogens is 349 g/mol. The fourth-order valence-corrected chi connectivity index (χ4v) is 4.47. The molecule has 3 fully saturated rings. The Bertz CT molecular complexity index is 726. The molecule has 4 rings (SSSR count). The molecule has 2 saturated heterocycles. The van der Waals surface area contributed by atoms with Gasteiger partial charge in [0.2, 0.25) is 5.95 Å². The van der Waals surface area contributed by atoms with Gasteiger partial charge in [-0.05, 0) is 38.0 Å². The molecule has 0 spiro atoms. The number of alkyl halides is 3. The molecule has 6 nitrogen and oxygen atoms in total. The largest absolute Gasteiger partial charge is 0.481 e. The maximum Gasteiger partial charge on any atom is 0.433 e. The van der Waals surface area contributed by atoms with Gasteiger partial charge in [0.25, 0.3) is 0 Å². The zero-order valence-electron chi connectivity index (χ0n) is 14.4. The number of halogens is 3. The van der Waals surface area contributed by atoms with Crippen molar-refractivity contribution in [3.63, 3.8) is 0 Å². The van der Waals surface area contributed by atoms with E-state index in [1.165, 1.54) is 0 Å². The molecule has 1 aromatic heterocycles. The number of hydrogen-bond donors (Lipinski definition) is 1. The van der Waals surface area contributed by atoms with E-state index in [9.17, 15) is 18.0 Å². The Morgan fingerprint density at radius 2 is 2.08 bits per heavy atom. The van der Waals surface area contributed by atoms with Crippen molar-refractivity contribution in [1.29, 1.82) is 0 Å². The third-order valence-electron chi connectivity index (χ3n) is 5.99. The summed E-state index contributed by atoms with van der Waals surface area (Å²) < 4.78 is 40.0. The molecule has 4 atom stereocenters. The van der Waals surface area contributed by atoms with E-state index in [0.29, 0.717) is 25.3 Å². The van der Waals surface area contributed by atoms with Crippen LogP contribution in [0.3, 0.4) is 0 Å². The van der Waals surface area contributed by atoms with Gasteiger partial charge in [-0.15, -0.1) is 0 Å². The number of carboxylic acids is 1. The van der Waals surface area contributed by atoms with Gasteiger partial charge in [-0.3, -0.25) is 4.79 Å². The first-order chi connectivity index (χ1) is 12.2. The van der Waals surface area contributed by atoms with E-state index in [2.05, 4.69) is 9.97 Å². The summed E-state index contributed by atoms with van der Waals surface area (Å²) in [5, 5.41) is 9.00. The van der Waals surface area contributed by atoms with Crippen LogP contribution in [0, 0.1) is 11.8 Å². The van der Waals surface area contributed by atoms with Crippen LogP contribution in [-0.2, 0) is 11.0 Å². The lowest BCUT2D eigenvalue weighted by atomic mass is 9.91. The standard InChI is InChI=1S/C17H21F3N4O2/c1-9-2-3-23(9)16-21-13(17(18,19)20)7-14(22-16)24-8-11-5-12(24)4-10(11)6-15(25)26/h7,9-12H,2-6,8H2,1H3,(H,25,26)/t9-,10?,11?,12?/m0/s1. The smallest absolute Gasteiger partial charge is 0.433 e. The van der Waals surface area contributed by atoms with Gasteiger partial charge in [0.1, 0.15) is 5.82 Å². The van der Waals surface area contributed by atoms with Crippen LogP contribution in [0.5, 0.6) is 0 Å². The third kappa shape index (κ3) is 2.97. The molecule has 2 bridgehead atoms. The average molecular weight is 370 g/mol. The van der Waals surface area contributed by atoms with E-state index >= 15 is 0 Å². The molecule has 0 radical (unpaired) electrons. The van der Waals surface area contributed by atoms with Gasteiger partial charge in [-0.25, -0.2) is 4.98 Å². The number of carbonyl (C=O) groups is 1. The lowest BCUT2D eigenvalue weighted by Crippen LogP contribution is -2.47. The molecule has 2 aliphatic heterocycles. The van der Waals surface area contributed by atoms with E-state index < -0.39 is 17.8 Å². The van der Waals surface area contributed by atoms with Crippen molar-refractivity contribution in [2.45, 2.75) is 50.9 Å². The van der Waals surface area contributed by atoms with Gasteiger partial charge in [0.05, 0.1) is 0 Å². The number of anilines is 2. The Labute approximate surface area is 149 Å². The van der Waals surface area contributed by atoms with Crippen LogP contribution in [0.4, 0.5) is 24.9 Å². The van der Waals surface area contributed by atoms with Crippen molar-refractivity contribution in [2.24, 2.45) is 11.8 Å². The summed E-state index contributed by atoms with van der Waals surface area (Å²) in [6.07, 6.45) is -1.97. The second-order valence-electron chi connectivity index (χ2n) is 7.64. The number of nitrogens with zero attached hydrogens (tertiary/aromatic N) is 4. The predicted molar refractivity (Wildman–Crippen MR) is 88.1 cm³/mol. The highest BCUT2D eigenvalue weighted by Crippen LogP contribution is 2.46. The first-order valence-corrected chi connectivity index (χ1v) is 8.93. The van der Waals surface area contributed by atoms with Crippen LogP contribution in [0.25, 0.3) is 0 Å². The van der Waals surface area contributed by atoms with Crippen LogP contribution in [0.1, 0.15) is 38.3 Å². The highest BCUT2D eigenvalue weighted by Gasteiger charge is 2.46. The highest BCUT2D eigenvalue weighted by molar-refractivity contribution is 5.67. The van der Waals surface area contributed by atoms with Gasteiger partial charge in [-0.2, -0.15) is 18.2 Å². The lowest BCUT2D eigenvalue weighted by Gasteiger charge is -2.39. The van der Waals surface area contributed by atoms with Gasteiger partial charge in [-0.1, -0.05) is 0 Å². The second-order valence-corrected chi connectivity index (χ2v) is 7.64. The highest BCUT2D eigenvalue weighted by atomic mass is 19.4. The Kier molecular flexibility index (Phi) is 4.00. The molecule has 3 aliphatic rings. The molecule has 0 aromatic carbocycles. The number of rotatable bonds is 4. The van der Waals surface area contributed by atoms with Crippen LogP contribution in [0.2, 0.25) is 0 Å². The first-order valence-electron chi connectivity index (χ1n) is 8.93. The number of piperidine rings is 1. The van der Waals surface area contributed by atoms with Crippen molar-refractivity contribution in [3.8, 4) is 0 Å². The van der Waals surface area contributed by atoms with Gasteiger partial charge in [0.15, 0.2) is 5.69 Å². The van der Waals surface area contributed by atoms with Gasteiger partial charge >= 0.3 is 12.1 Å². The molecule has 3 heterocycles. The van der Waals surface area contributed by atoms with Crippen LogP contribution in [-0.4, -0.2) is 46.2 Å². The molecule has 1 saturated carbocycles. The molecule has 26 heavy (non-hydrogen) atoms. The second kappa shape index (κ2) is 5.99. The van der Waals surface area contributed by atoms with Crippen LogP contribution in [0.15, 0.2) is 6.07 Å². The van der Waals surface area contributed by atoms with Crippen molar-refractivity contribution in [3.05, 3.63) is 11.8 Å². The number of carboxylic acid groups (broad SMARTS) is 1. The minimum atomic E-state index is -4.52. The van der Waals surface area contributed by atoms with Crippen molar-refractivity contribution >= 4 is 17.7 Å². The minimum Gasteiger partial charge on any atom is -0.481 e. The van der Waals surface area contributed by atoms with E-state index in [4.69, 9.17) is 5.11 Å².